The second-order valence-corrected chi connectivity index (χ2v) is 3.25. The normalized spacial score (nSPS) is 10.5. The third-order valence-electron chi connectivity index (χ3n) is 1.48. The van der Waals surface area contributed by atoms with E-state index < -0.39 is 10.9 Å². The molecule has 0 aliphatic rings. The fourth-order valence-corrected chi connectivity index (χ4v) is 1.37. The molecule has 6 nitrogen and oxygen atoms in total. The predicted octanol–water partition coefficient (Wildman–Crippen LogP) is 1.85. The molecule has 0 bridgehead atoms. The highest BCUT2D eigenvalue weighted by molar-refractivity contribution is 9.10. The van der Waals surface area contributed by atoms with Gasteiger partial charge in [0, 0.05) is 18.3 Å². The molecule has 0 aliphatic carbocycles. The van der Waals surface area contributed by atoms with E-state index >= 15 is 0 Å². The van der Waals surface area contributed by atoms with Gasteiger partial charge >= 0.3 is 5.97 Å². The molecule has 0 aliphatic heterocycles. The Hall–Kier alpha value is -1.76. The van der Waals surface area contributed by atoms with Gasteiger partial charge in [0.15, 0.2) is 0 Å². The molecule has 1 N–H and O–H groups in total. The minimum atomic E-state index is -1.14. The molecule has 0 saturated carbocycles. The van der Waals surface area contributed by atoms with Gasteiger partial charge in [-0.05, 0) is 22.0 Å². The van der Waals surface area contributed by atoms with E-state index in [-0.39, 0.29) is 15.9 Å². The number of nitrogens with zero attached hydrogens (tertiary/aromatic N) is 2. The first-order valence-electron chi connectivity index (χ1n) is 3.72. The Balaban J connectivity index is 3.15. The van der Waals surface area contributed by atoms with Gasteiger partial charge in [-0.2, -0.15) is 0 Å². The zero-order valence-electron chi connectivity index (χ0n) is 7.25. The molecule has 1 aromatic heterocycles. The molecular weight excluding hydrogens is 268 g/mol. The maximum Gasteiger partial charge on any atom is 0.328 e. The number of pyridine rings is 1. The zero-order valence-corrected chi connectivity index (χ0v) is 8.84. The highest BCUT2D eigenvalue weighted by atomic mass is 79.9. The van der Waals surface area contributed by atoms with Gasteiger partial charge < -0.3 is 5.11 Å². The van der Waals surface area contributed by atoms with Crippen molar-refractivity contribution in [2.24, 2.45) is 0 Å². The van der Waals surface area contributed by atoms with Gasteiger partial charge in [0.05, 0.1) is 10.6 Å². The van der Waals surface area contributed by atoms with Crippen LogP contribution in [0.3, 0.4) is 0 Å². The standard InChI is InChI=1S/C8H5BrN2O4/c9-8-5(1-2-7(12)13)10-4-3-6(8)11(14)15/h1-4H,(H,12,13)/b2-1+. The number of aromatic nitrogens is 1. The van der Waals surface area contributed by atoms with E-state index in [2.05, 4.69) is 20.9 Å². The Morgan fingerprint density at radius 2 is 2.33 bits per heavy atom. The summed E-state index contributed by atoms with van der Waals surface area (Å²) in [6, 6.07) is 1.22. The van der Waals surface area contributed by atoms with Crippen molar-refractivity contribution in [3.63, 3.8) is 0 Å². The van der Waals surface area contributed by atoms with E-state index in [9.17, 15) is 14.9 Å². The van der Waals surface area contributed by atoms with Crippen molar-refractivity contribution in [1.82, 2.24) is 4.98 Å². The first-order valence-corrected chi connectivity index (χ1v) is 4.51. The molecule has 78 valence electrons. The molecule has 0 aromatic carbocycles. The fourth-order valence-electron chi connectivity index (χ4n) is 0.857. The average molecular weight is 273 g/mol. The summed E-state index contributed by atoms with van der Waals surface area (Å²) in [6.07, 6.45) is 3.28. The monoisotopic (exact) mass is 272 g/mol. The number of aliphatic carboxylic acids is 1. The quantitative estimate of drug-likeness (QED) is 0.515. The number of nitro groups is 1. The van der Waals surface area contributed by atoms with E-state index in [4.69, 9.17) is 5.11 Å². The number of rotatable bonds is 3. The van der Waals surface area contributed by atoms with E-state index in [1.165, 1.54) is 18.3 Å². The van der Waals surface area contributed by atoms with Gasteiger partial charge in [-0.3, -0.25) is 15.1 Å². The molecule has 0 spiro atoms. The maximum absolute atomic E-state index is 10.5. The second-order valence-electron chi connectivity index (χ2n) is 2.46. The van der Waals surface area contributed by atoms with Crippen LogP contribution in [0.2, 0.25) is 0 Å². The topological polar surface area (TPSA) is 93.3 Å². The van der Waals surface area contributed by atoms with Crippen LogP contribution in [0.5, 0.6) is 0 Å². The molecule has 1 rings (SSSR count). The highest BCUT2D eigenvalue weighted by Gasteiger charge is 2.14. The van der Waals surface area contributed by atoms with Crippen molar-refractivity contribution in [1.29, 1.82) is 0 Å². The summed E-state index contributed by atoms with van der Waals surface area (Å²) in [7, 11) is 0. The fraction of sp³-hybridized carbons (Fsp3) is 0. The van der Waals surface area contributed by atoms with Gasteiger partial charge in [-0.15, -0.1) is 0 Å². The van der Waals surface area contributed by atoms with Gasteiger partial charge in [0.25, 0.3) is 5.69 Å². The van der Waals surface area contributed by atoms with Crippen LogP contribution in [-0.4, -0.2) is 21.0 Å². The molecule has 0 unspecified atom stereocenters. The Morgan fingerprint density at radius 3 is 2.87 bits per heavy atom. The highest BCUT2D eigenvalue weighted by Crippen LogP contribution is 2.27. The molecule has 15 heavy (non-hydrogen) atoms. The van der Waals surface area contributed by atoms with Crippen LogP contribution in [0.1, 0.15) is 5.69 Å². The molecule has 7 heteroatoms. The predicted molar refractivity (Wildman–Crippen MR) is 55.3 cm³/mol. The van der Waals surface area contributed by atoms with Crippen LogP contribution in [0.15, 0.2) is 22.8 Å². The SMILES string of the molecule is O=C(O)/C=C/c1nccc([N+](=O)[O-])c1Br. The molecule has 0 atom stereocenters. The van der Waals surface area contributed by atoms with Crippen LogP contribution in [-0.2, 0) is 4.79 Å². The largest absolute Gasteiger partial charge is 0.478 e. The Labute approximate surface area is 92.5 Å². The molecule has 1 aromatic rings. The lowest BCUT2D eigenvalue weighted by Crippen LogP contribution is -1.93. The summed E-state index contributed by atoms with van der Waals surface area (Å²) < 4.78 is 0.160. The summed E-state index contributed by atoms with van der Waals surface area (Å²) >= 11 is 2.98. The number of carbonyl (C=O) groups is 1. The van der Waals surface area contributed by atoms with Gasteiger partial charge in [0.2, 0.25) is 0 Å². The number of carboxylic acid groups (broad SMARTS) is 1. The molecule has 0 saturated heterocycles. The number of hydrogen-bond donors (Lipinski definition) is 1. The third-order valence-corrected chi connectivity index (χ3v) is 2.29. The average Bonchev–Trinajstić information content (AvgIpc) is 2.15. The molecule has 0 fully saturated rings. The zero-order chi connectivity index (χ0) is 11.4. The van der Waals surface area contributed by atoms with Crippen LogP contribution in [0.25, 0.3) is 6.08 Å². The first-order chi connectivity index (χ1) is 7.02. The first kappa shape index (κ1) is 11.3. The van der Waals surface area contributed by atoms with E-state index in [0.29, 0.717) is 0 Å². The summed E-state index contributed by atoms with van der Waals surface area (Å²) in [4.78, 5) is 24.0. The molecule has 0 amide bonds. The minimum Gasteiger partial charge on any atom is -0.478 e. The summed E-state index contributed by atoms with van der Waals surface area (Å²) in [5.74, 6) is -1.14. The van der Waals surface area contributed by atoms with Gasteiger partial charge in [-0.1, -0.05) is 0 Å². The van der Waals surface area contributed by atoms with Crippen molar-refractivity contribution in [3.05, 3.63) is 38.6 Å². The lowest BCUT2D eigenvalue weighted by molar-refractivity contribution is -0.385. The Morgan fingerprint density at radius 1 is 1.67 bits per heavy atom. The number of halogens is 1. The van der Waals surface area contributed by atoms with Crippen molar-refractivity contribution >= 4 is 33.7 Å². The van der Waals surface area contributed by atoms with E-state index in [1.807, 2.05) is 0 Å². The number of hydrogen-bond acceptors (Lipinski definition) is 4. The Kier molecular flexibility index (Phi) is 3.51. The van der Waals surface area contributed by atoms with E-state index in [0.717, 1.165) is 6.08 Å². The van der Waals surface area contributed by atoms with Crippen LogP contribution < -0.4 is 0 Å². The van der Waals surface area contributed by atoms with Gasteiger partial charge in [0.1, 0.15) is 4.47 Å². The molecular formula is C8H5BrN2O4. The van der Waals surface area contributed by atoms with Crippen LogP contribution >= 0.6 is 15.9 Å². The Bertz CT molecular complexity index is 444. The van der Waals surface area contributed by atoms with Crippen molar-refractivity contribution < 1.29 is 14.8 Å². The lowest BCUT2D eigenvalue weighted by Gasteiger charge is -1.97. The van der Waals surface area contributed by atoms with E-state index in [1.54, 1.807) is 0 Å². The van der Waals surface area contributed by atoms with Crippen LogP contribution in [0, 0.1) is 10.1 Å². The summed E-state index contributed by atoms with van der Waals surface area (Å²) in [6.45, 7) is 0. The van der Waals surface area contributed by atoms with Crippen molar-refractivity contribution in [2.75, 3.05) is 0 Å². The van der Waals surface area contributed by atoms with Crippen LogP contribution in [0.4, 0.5) is 5.69 Å². The number of carboxylic acids is 1. The van der Waals surface area contributed by atoms with Crippen molar-refractivity contribution in [3.8, 4) is 0 Å². The summed E-state index contributed by atoms with van der Waals surface area (Å²) in [5.41, 5.74) is 0.0432. The second kappa shape index (κ2) is 4.65. The third kappa shape index (κ3) is 2.84. The minimum absolute atomic E-state index is 0.157. The smallest absolute Gasteiger partial charge is 0.328 e. The molecule has 1 heterocycles. The molecule has 0 radical (unpaired) electrons. The maximum atomic E-state index is 10.5. The summed E-state index contributed by atoms with van der Waals surface area (Å²) in [5, 5.41) is 18.9. The van der Waals surface area contributed by atoms with Gasteiger partial charge in [-0.25, -0.2) is 4.79 Å². The van der Waals surface area contributed by atoms with Crippen molar-refractivity contribution in [2.45, 2.75) is 0 Å². The lowest BCUT2D eigenvalue weighted by atomic mass is 10.3.